The highest BCUT2D eigenvalue weighted by atomic mass is 32.2. The first-order chi connectivity index (χ1) is 12.6. The molecule has 2 aromatic carbocycles. The van der Waals surface area contributed by atoms with E-state index in [-0.39, 0.29) is 17.4 Å². The lowest BCUT2D eigenvalue weighted by Crippen LogP contribution is -2.03. The number of rotatable bonds is 7. The van der Waals surface area contributed by atoms with Crippen molar-refractivity contribution in [2.75, 3.05) is 5.75 Å². The van der Waals surface area contributed by atoms with Crippen LogP contribution in [0.3, 0.4) is 0 Å². The third kappa shape index (κ3) is 4.19. The fourth-order valence-corrected chi connectivity index (χ4v) is 3.22. The smallest absolute Gasteiger partial charge is 0.209 e. The first-order valence-corrected chi connectivity index (χ1v) is 9.50. The summed E-state index contributed by atoms with van der Waals surface area (Å²) in [6, 6.07) is 14.1. The maximum absolute atomic E-state index is 13.8. The van der Waals surface area contributed by atoms with Crippen LogP contribution in [0.4, 0.5) is 4.39 Å². The van der Waals surface area contributed by atoms with Gasteiger partial charge in [0.15, 0.2) is 11.6 Å². The number of Topliss-reactive ketones (excluding diaryl/α,β-unsaturated/α-hetero) is 1. The molecule has 0 aliphatic carbocycles. The molecule has 1 heterocycles. The molecule has 0 radical (unpaired) electrons. The van der Waals surface area contributed by atoms with Gasteiger partial charge >= 0.3 is 0 Å². The third-order valence-corrected chi connectivity index (χ3v) is 5.19. The Morgan fingerprint density at radius 1 is 1.19 bits per heavy atom. The van der Waals surface area contributed by atoms with Crippen molar-refractivity contribution in [3.63, 3.8) is 0 Å². The van der Waals surface area contributed by atoms with Gasteiger partial charge < -0.3 is 0 Å². The number of carbonyl (C=O) groups is 1. The largest absolute Gasteiger partial charge is 0.293 e. The number of H-pyrrole nitrogens is 1. The van der Waals surface area contributed by atoms with Crippen LogP contribution < -0.4 is 0 Å². The summed E-state index contributed by atoms with van der Waals surface area (Å²) >= 11 is 1.23. The molecular weight excluding hydrogens is 349 g/mol. The number of nitrogens with zero attached hydrogens (tertiary/aromatic N) is 2. The van der Waals surface area contributed by atoms with Gasteiger partial charge in [0, 0.05) is 5.56 Å². The van der Waals surface area contributed by atoms with Gasteiger partial charge in [0.05, 0.1) is 11.3 Å². The van der Waals surface area contributed by atoms with Crippen LogP contribution in [0.2, 0.25) is 0 Å². The number of carbonyl (C=O) groups excluding carboxylic acids is 1. The van der Waals surface area contributed by atoms with E-state index in [4.69, 9.17) is 0 Å². The highest BCUT2D eigenvalue weighted by molar-refractivity contribution is 7.99. The second-order valence-corrected chi connectivity index (χ2v) is 7.03. The molecule has 3 aromatic rings. The molecule has 134 valence electrons. The molecule has 0 saturated carbocycles. The Labute approximate surface area is 156 Å². The summed E-state index contributed by atoms with van der Waals surface area (Å²) in [5, 5.41) is 7.20. The van der Waals surface area contributed by atoms with E-state index in [1.165, 1.54) is 23.4 Å². The second-order valence-electron chi connectivity index (χ2n) is 6.09. The van der Waals surface area contributed by atoms with E-state index >= 15 is 0 Å². The number of ketones is 1. The number of nitrogens with one attached hydrogen (secondary N) is 1. The number of hydrogen-bond acceptors (Lipinski definition) is 4. The summed E-state index contributed by atoms with van der Waals surface area (Å²) in [6.45, 7) is 4.32. The molecule has 0 bridgehead atoms. The molecule has 1 N–H and O–H groups in total. The van der Waals surface area contributed by atoms with Crippen LogP contribution in [0, 0.1) is 5.82 Å². The van der Waals surface area contributed by atoms with E-state index < -0.39 is 0 Å². The minimum absolute atomic E-state index is 0.0166. The molecule has 1 atom stereocenters. The number of benzene rings is 2. The van der Waals surface area contributed by atoms with E-state index in [1.807, 2.05) is 24.3 Å². The molecule has 0 aliphatic rings. The van der Waals surface area contributed by atoms with Crippen molar-refractivity contribution >= 4 is 17.5 Å². The molecule has 3 rings (SSSR count). The molecule has 4 nitrogen and oxygen atoms in total. The van der Waals surface area contributed by atoms with E-state index in [0.29, 0.717) is 28.0 Å². The van der Waals surface area contributed by atoms with Gasteiger partial charge in [-0.15, -0.1) is 5.10 Å². The zero-order valence-electron chi connectivity index (χ0n) is 14.7. The maximum Gasteiger partial charge on any atom is 0.209 e. The summed E-state index contributed by atoms with van der Waals surface area (Å²) in [4.78, 5) is 16.6. The first-order valence-electron chi connectivity index (χ1n) is 8.51. The lowest BCUT2D eigenvalue weighted by atomic mass is 9.97. The quantitative estimate of drug-likeness (QED) is 0.465. The van der Waals surface area contributed by atoms with E-state index in [2.05, 4.69) is 29.0 Å². The Balaban J connectivity index is 1.62. The molecule has 0 unspecified atom stereocenters. The van der Waals surface area contributed by atoms with Gasteiger partial charge in [-0.1, -0.05) is 62.0 Å². The second kappa shape index (κ2) is 8.27. The predicted molar refractivity (Wildman–Crippen MR) is 102 cm³/mol. The fraction of sp³-hybridized carbons (Fsp3) is 0.250. The Morgan fingerprint density at radius 2 is 1.92 bits per heavy atom. The lowest BCUT2D eigenvalue weighted by Gasteiger charge is -2.09. The van der Waals surface area contributed by atoms with Crippen molar-refractivity contribution in [1.82, 2.24) is 15.2 Å². The summed E-state index contributed by atoms with van der Waals surface area (Å²) in [5.41, 5.74) is 2.27. The highest BCUT2D eigenvalue weighted by Crippen LogP contribution is 2.23. The minimum atomic E-state index is -0.363. The van der Waals surface area contributed by atoms with E-state index in [1.54, 1.807) is 18.2 Å². The molecule has 0 spiro atoms. The average Bonchev–Trinajstić information content (AvgIpc) is 3.14. The van der Waals surface area contributed by atoms with Crippen molar-refractivity contribution in [2.24, 2.45) is 0 Å². The van der Waals surface area contributed by atoms with Crippen LogP contribution in [0.15, 0.2) is 53.7 Å². The maximum atomic E-state index is 13.8. The van der Waals surface area contributed by atoms with Crippen LogP contribution >= 0.6 is 11.8 Å². The van der Waals surface area contributed by atoms with Gasteiger partial charge in [-0.2, -0.15) is 0 Å². The number of halogens is 1. The molecule has 0 aliphatic heterocycles. The van der Waals surface area contributed by atoms with E-state index in [0.717, 1.165) is 6.42 Å². The van der Waals surface area contributed by atoms with E-state index in [9.17, 15) is 9.18 Å². The topological polar surface area (TPSA) is 58.6 Å². The predicted octanol–water partition coefficient (Wildman–Crippen LogP) is 5.10. The first kappa shape index (κ1) is 18.3. The van der Waals surface area contributed by atoms with Gasteiger partial charge in [0.1, 0.15) is 5.82 Å². The summed E-state index contributed by atoms with van der Waals surface area (Å²) in [5.74, 6) is 0.729. The molecule has 0 fully saturated rings. The fourth-order valence-electron chi connectivity index (χ4n) is 2.53. The van der Waals surface area contributed by atoms with Crippen LogP contribution in [0.25, 0.3) is 11.4 Å². The van der Waals surface area contributed by atoms with Crippen LogP contribution in [0.5, 0.6) is 0 Å². The Morgan fingerprint density at radius 3 is 2.62 bits per heavy atom. The van der Waals surface area contributed by atoms with Crippen molar-refractivity contribution in [1.29, 1.82) is 0 Å². The number of thioether (sulfide) groups is 1. The molecule has 0 saturated heterocycles. The lowest BCUT2D eigenvalue weighted by molar-refractivity contribution is 0.102. The molecule has 1 aromatic heterocycles. The Kier molecular flexibility index (Phi) is 5.83. The SMILES string of the molecule is CC[C@@H](C)c1ccc(C(=O)CSc2n[nH]c(-c3ccccc3F)n2)cc1. The normalized spacial score (nSPS) is 12.1. The zero-order chi connectivity index (χ0) is 18.5. The van der Waals surface area contributed by atoms with Gasteiger partial charge in [-0.25, -0.2) is 9.37 Å². The van der Waals surface area contributed by atoms with Gasteiger partial charge in [0.2, 0.25) is 5.16 Å². The van der Waals surface area contributed by atoms with Crippen molar-refractivity contribution in [3.8, 4) is 11.4 Å². The van der Waals surface area contributed by atoms with Gasteiger partial charge in [0.25, 0.3) is 0 Å². The van der Waals surface area contributed by atoms with Crippen LogP contribution in [-0.2, 0) is 0 Å². The highest BCUT2D eigenvalue weighted by Gasteiger charge is 2.13. The molecule has 0 amide bonds. The zero-order valence-corrected chi connectivity index (χ0v) is 15.5. The number of aromatic nitrogens is 3. The number of aromatic amines is 1. The van der Waals surface area contributed by atoms with Gasteiger partial charge in [-0.05, 0) is 30.0 Å². The average molecular weight is 369 g/mol. The summed E-state index contributed by atoms with van der Waals surface area (Å²) < 4.78 is 13.8. The standard InChI is InChI=1S/C20H20FN3OS/c1-3-13(2)14-8-10-15(11-9-14)18(25)12-26-20-22-19(23-24-20)16-6-4-5-7-17(16)21/h4-11,13H,3,12H2,1-2H3,(H,22,23,24)/t13-/m1/s1. The molecular formula is C20H20FN3OS. The Bertz CT molecular complexity index is 892. The van der Waals surface area contributed by atoms with Crippen molar-refractivity contribution in [2.45, 2.75) is 31.3 Å². The molecule has 26 heavy (non-hydrogen) atoms. The monoisotopic (exact) mass is 369 g/mol. The minimum Gasteiger partial charge on any atom is -0.293 e. The summed E-state index contributed by atoms with van der Waals surface area (Å²) in [6.07, 6.45) is 1.07. The third-order valence-electron chi connectivity index (χ3n) is 4.34. The van der Waals surface area contributed by atoms with Crippen molar-refractivity contribution in [3.05, 3.63) is 65.5 Å². The number of hydrogen-bond donors (Lipinski definition) is 1. The van der Waals surface area contributed by atoms with Crippen LogP contribution in [0.1, 0.15) is 42.1 Å². The summed E-state index contributed by atoms with van der Waals surface area (Å²) in [7, 11) is 0. The Hall–Kier alpha value is -2.47. The van der Waals surface area contributed by atoms with Crippen LogP contribution in [-0.4, -0.2) is 26.7 Å². The van der Waals surface area contributed by atoms with Gasteiger partial charge in [-0.3, -0.25) is 9.89 Å². The van der Waals surface area contributed by atoms with Crippen molar-refractivity contribution < 1.29 is 9.18 Å². The molecule has 6 heteroatoms.